The van der Waals surface area contributed by atoms with E-state index < -0.39 is 0 Å². The Morgan fingerprint density at radius 3 is 2.52 bits per heavy atom. The number of hydrogen-bond acceptors (Lipinski definition) is 2. The molecule has 21 heavy (non-hydrogen) atoms. The van der Waals surface area contributed by atoms with Crippen LogP contribution in [0.4, 0.5) is 0 Å². The minimum atomic E-state index is 0.685. The molecule has 0 heterocycles. The van der Waals surface area contributed by atoms with Gasteiger partial charge in [0.05, 0.1) is 6.61 Å². The fourth-order valence-electron chi connectivity index (χ4n) is 2.17. The molecule has 0 saturated carbocycles. The SMILES string of the molecule is CCOCc1ccccc1CNCc1ccc(C)c(Br)c1. The zero-order valence-electron chi connectivity index (χ0n) is 12.7. The van der Waals surface area contributed by atoms with Gasteiger partial charge in [-0.25, -0.2) is 0 Å². The van der Waals surface area contributed by atoms with Crippen LogP contribution in [0.1, 0.15) is 29.2 Å². The van der Waals surface area contributed by atoms with Crippen molar-refractivity contribution < 1.29 is 4.74 Å². The molecule has 2 aromatic carbocycles. The highest BCUT2D eigenvalue weighted by Crippen LogP contribution is 2.17. The molecule has 0 unspecified atom stereocenters. The van der Waals surface area contributed by atoms with Gasteiger partial charge in [-0.2, -0.15) is 0 Å². The molecule has 0 amide bonds. The molecule has 0 saturated heterocycles. The summed E-state index contributed by atoms with van der Waals surface area (Å²) in [4.78, 5) is 0. The first-order valence-electron chi connectivity index (χ1n) is 7.31. The van der Waals surface area contributed by atoms with Crippen LogP contribution in [0, 0.1) is 6.92 Å². The Hall–Kier alpha value is -1.16. The van der Waals surface area contributed by atoms with Crippen molar-refractivity contribution in [3.05, 3.63) is 69.2 Å². The second-order valence-corrected chi connectivity index (χ2v) is 5.95. The van der Waals surface area contributed by atoms with Crippen molar-refractivity contribution >= 4 is 15.9 Å². The van der Waals surface area contributed by atoms with Crippen molar-refractivity contribution in [2.24, 2.45) is 0 Å². The largest absolute Gasteiger partial charge is 0.377 e. The molecule has 112 valence electrons. The van der Waals surface area contributed by atoms with E-state index in [2.05, 4.69) is 70.6 Å². The van der Waals surface area contributed by atoms with E-state index in [0.29, 0.717) is 6.61 Å². The first-order valence-corrected chi connectivity index (χ1v) is 8.10. The zero-order chi connectivity index (χ0) is 15.1. The third-order valence-electron chi connectivity index (χ3n) is 3.46. The second-order valence-electron chi connectivity index (χ2n) is 5.09. The Morgan fingerprint density at radius 1 is 1.05 bits per heavy atom. The van der Waals surface area contributed by atoms with Crippen molar-refractivity contribution in [3.8, 4) is 0 Å². The minimum absolute atomic E-state index is 0.685. The van der Waals surface area contributed by atoms with Crippen LogP contribution in [-0.4, -0.2) is 6.61 Å². The van der Waals surface area contributed by atoms with E-state index in [-0.39, 0.29) is 0 Å². The van der Waals surface area contributed by atoms with Crippen molar-refractivity contribution in [1.82, 2.24) is 5.32 Å². The van der Waals surface area contributed by atoms with Gasteiger partial charge < -0.3 is 10.1 Å². The molecule has 0 aliphatic rings. The molecule has 0 aliphatic carbocycles. The third kappa shape index (κ3) is 4.95. The van der Waals surface area contributed by atoms with Crippen molar-refractivity contribution in [2.75, 3.05) is 6.61 Å². The zero-order valence-corrected chi connectivity index (χ0v) is 14.2. The lowest BCUT2D eigenvalue weighted by Gasteiger charge is -2.11. The van der Waals surface area contributed by atoms with Crippen LogP contribution >= 0.6 is 15.9 Å². The molecule has 2 nitrogen and oxygen atoms in total. The van der Waals surface area contributed by atoms with Gasteiger partial charge in [-0.15, -0.1) is 0 Å². The minimum Gasteiger partial charge on any atom is -0.377 e. The normalized spacial score (nSPS) is 10.8. The average Bonchev–Trinajstić information content (AvgIpc) is 2.50. The molecule has 0 bridgehead atoms. The van der Waals surface area contributed by atoms with E-state index in [1.54, 1.807) is 0 Å². The summed E-state index contributed by atoms with van der Waals surface area (Å²) in [5.74, 6) is 0. The number of rotatable bonds is 7. The summed E-state index contributed by atoms with van der Waals surface area (Å²) in [5.41, 5.74) is 5.12. The Balaban J connectivity index is 1.92. The molecule has 0 aliphatic heterocycles. The van der Waals surface area contributed by atoms with Gasteiger partial charge in [-0.1, -0.05) is 52.3 Å². The van der Waals surface area contributed by atoms with Crippen LogP contribution in [0.15, 0.2) is 46.9 Å². The van der Waals surface area contributed by atoms with Gasteiger partial charge in [0.25, 0.3) is 0 Å². The molecule has 0 fully saturated rings. The molecule has 0 spiro atoms. The standard InChI is InChI=1S/C18H22BrNO/c1-3-21-13-17-7-5-4-6-16(17)12-20-11-15-9-8-14(2)18(19)10-15/h4-10,20H,3,11-13H2,1-2H3. The van der Waals surface area contributed by atoms with E-state index in [0.717, 1.165) is 19.7 Å². The number of benzene rings is 2. The molecule has 0 atom stereocenters. The molecule has 2 aromatic rings. The van der Waals surface area contributed by atoms with Gasteiger partial charge in [0.2, 0.25) is 0 Å². The van der Waals surface area contributed by atoms with E-state index in [1.165, 1.54) is 26.7 Å². The van der Waals surface area contributed by atoms with Crippen LogP contribution < -0.4 is 5.32 Å². The second kappa shape index (κ2) is 8.32. The van der Waals surface area contributed by atoms with E-state index >= 15 is 0 Å². The highest BCUT2D eigenvalue weighted by Gasteiger charge is 2.02. The fraction of sp³-hybridized carbons (Fsp3) is 0.333. The number of hydrogen-bond donors (Lipinski definition) is 1. The Morgan fingerprint density at radius 2 is 1.81 bits per heavy atom. The maximum Gasteiger partial charge on any atom is 0.0719 e. The van der Waals surface area contributed by atoms with Gasteiger partial charge in [0.15, 0.2) is 0 Å². The van der Waals surface area contributed by atoms with Gasteiger partial charge in [0.1, 0.15) is 0 Å². The molecule has 0 aromatic heterocycles. The Labute approximate surface area is 135 Å². The maximum atomic E-state index is 5.52. The predicted molar refractivity (Wildman–Crippen MR) is 91.2 cm³/mol. The molecule has 2 rings (SSSR count). The van der Waals surface area contributed by atoms with E-state index in [4.69, 9.17) is 4.74 Å². The van der Waals surface area contributed by atoms with E-state index in [1.807, 2.05) is 6.92 Å². The van der Waals surface area contributed by atoms with Crippen LogP contribution in [0.3, 0.4) is 0 Å². The van der Waals surface area contributed by atoms with Crippen LogP contribution in [0.2, 0.25) is 0 Å². The first kappa shape index (κ1) is 16.2. The maximum absolute atomic E-state index is 5.52. The fourth-order valence-corrected chi connectivity index (χ4v) is 2.60. The number of halogens is 1. The lowest BCUT2D eigenvalue weighted by molar-refractivity contribution is 0.133. The Bertz CT molecular complexity index is 583. The number of aryl methyl sites for hydroxylation is 1. The van der Waals surface area contributed by atoms with Gasteiger partial charge in [-0.05, 0) is 42.2 Å². The Kier molecular flexibility index (Phi) is 6.43. The average molecular weight is 348 g/mol. The number of nitrogens with one attached hydrogen (secondary N) is 1. The van der Waals surface area contributed by atoms with Crippen molar-refractivity contribution in [1.29, 1.82) is 0 Å². The molecule has 0 radical (unpaired) electrons. The highest BCUT2D eigenvalue weighted by molar-refractivity contribution is 9.10. The lowest BCUT2D eigenvalue weighted by atomic mass is 10.1. The van der Waals surface area contributed by atoms with Crippen LogP contribution in [0.25, 0.3) is 0 Å². The summed E-state index contributed by atoms with van der Waals surface area (Å²) >= 11 is 3.58. The summed E-state index contributed by atoms with van der Waals surface area (Å²) in [6, 6.07) is 14.9. The monoisotopic (exact) mass is 347 g/mol. The summed E-state index contributed by atoms with van der Waals surface area (Å²) < 4.78 is 6.69. The summed E-state index contributed by atoms with van der Waals surface area (Å²) in [5, 5.41) is 3.51. The third-order valence-corrected chi connectivity index (χ3v) is 4.32. The quantitative estimate of drug-likeness (QED) is 0.791. The van der Waals surface area contributed by atoms with Gasteiger partial charge >= 0.3 is 0 Å². The topological polar surface area (TPSA) is 21.3 Å². The van der Waals surface area contributed by atoms with Gasteiger partial charge in [-0.3, -0.25) is 0 Å². The van der Waals surface area contributed by atoms with Crippen LogP contribution in [0.5, 0.6) is 0 Å². The summed E-state index contributed by atoms with van der Waals surface area (Å²) in [6.07, 6.45) is 0. The predicted octanol–water partition coefficient (Wildman–Crippen LogP) is 4.58. The molecular formula is C18H22BrNO. The smallest absolute Gasteiger partial charge is 0.0719 e. The lowest BCUT2D eigenvalue weighted by Crippen LogP contribution is -2.14. The summed E-state index contributed by atoms with van der Waals surface area (Å²) in [7, 11) is 0. The van der Waals surface area contributed by atoms with E-state index in [9.17, 15) is 0 Å². The summed E-state index contributed by atoms with van der Waals surface area (Å²) in [6.45, 7) is 7.28. The highest BCUT2D eigenvalue weighted by atomic mass is 79.9. The molecule has 3 heteroatoms. The van der Waals surface area contributed by atoms with Crippen LogP contribution in [-0.2, 0) is 24.4 Å². The van der Waals surface area contributed by atoms with Gasteiger partial charge in [0, 0.05) is 24.2 Å². The molecular weight excluding hydrogens is 326 g/mol. The molecule has 1 N–H and O–H groups in total. The van der Waals surface area contributed by atoms with Crippen molar-refractivity contribution in [2.45, 2.75) is 33.5 Å². The number of ether oxygens (including phenoxy) is 1. The van der Waals surface area contributed by atoms with Crippen molar-refractivity contribution in [3.63, 3.8) is 0 Å². The first-order chi connectivity index (χ1) is 10.2.